The minimum absolute atomic E-state index is 0.0553. The zero-order valence-electron chi connectivity index (χ0n) is 18.1. The number of hydrogen-bond donors (Lipinski definition) is 2. The molecule has 0 saturated carbocycles. The molecule has 3 aliphatic heterocycles. The molecule has 32 heavy (non-hydrogen) atoms. The molecular formula is C23H30N4O5. The van der Waals surface area contributed by atoms with E-state index in [4.69, 9.17) is 15.2 Å². The number of nitrogens with zero attached hydrogens (tertiary/aromatic N) is 2. The smallest absolute Gasteiger partial charge is 0.410 e. The lowest BCUT2D eigenvalue weighted by Gasteiger charge is -2.37. The maximum absolute atomic E-state index is 13.2. The van der Waals surface area contributed by atoms with E-state index in [0.717, 1.165) is 11.3 Å². The van der Waals surface area contributed by atoms with E-state index in [9.17, 15) is 14.4 Å². The van der Waals surface area contributed by atoms with Gasteiger partial charge in [0.25, 0.3) is 0 Å². The fraction of sp³-hybridized carbons (Fsp3) is 0.522. The van der Waals surface area contributed by atoms with E-state index in [0.29, 0.717) is 38.8 Å². The number of carbonyl (C=O) groups excluding carboxylic acids is 3. The van der Waals surface area contributed by atoms with Gasteiger partial charge in [0, 0.05) is 31.1 Å². The van der Waals surface area contributed by atoms with E-state index in [2.05, 4.69) is 11.9 Å². The third-order valence-electron chi connectivity index (χ3n) is 6.38. The highest BCUT2D eigenvalue weighted by Crippen LogP contribution is 2.33. The molecule has 9 heteroatoms. The number of nitrogens with two attached hydrogens (primary N) is 1. The summed E-state index contributed by atoms with van der Waals surface area (Å²) in [6.07, 6.45) is 3.50. The van der Waals surface area contributed by atoms with Crippen LogP contribution in [0.1, 0.15) is 37.3 Å². The third kappa shape index (κ3) is 4.43. The van der Waals surface area contributed by atoms with Crippen LogP contribution in [0.3, 0.4) is 0 Å². The van der Waals surface area contributed by atoms with Gasteiger partial charge in [0.15, 0.2) is 0 Å². The van der Waals surface area contributed by atoms with Crippen LogP contribution in [0.4, 0.5) is 4.79 Å². The Bertz CT molecular complexity index is 891. The Morgan fingerprint density at radius 3 is 2.88 bits per heavy atom. The fourth-order valence-electron chi connectivity index (χ4n) is 4.81. The van der Waals surface area contributed by atoms with E-state index < -0.39 is 18.2 Å². The van der Waals surface area contributed by atoms with Crippen molar-refractivity contribution >= 4 is 17.9 Å². The van der Waals surface area contributed by atoms with Crippen LogP contribution in [-0.2, 0) is 14.3 Å². The predicted molar refractivity (Wildman–Crippen MR) is 117 cm³/mol. The van der Waals surface area contributed by atoms with Gasteiger partial charge >= 0.3 is 6.09 Å². The van der Waals surface area contributed by atoms with Crippen molar-refractivity contribution in [2.75, 3.05) is 26.3 Å². The molecule has 9 nitrogen and oxygen atoms in total. The van der Waals surface area contributed by atoms with Crippen LogP contribution in [-0.4, -0.2) is 72.1 Å². The second kappa shape index (κ2) is 9.60. The summed E-state index contributed by atoms with van der Waals surface area (Å²) in [5.41, 5.74) is 7.11. The predicted octanol–water partition coefficient (Wildman–Crippen LogP) is 1.34. The summed E-state index contributed by atoms with van der Waals surface area (Å²) < 4.78 is 10.8. The molecule has 3 N–H and O–H groups in total. The summed E-state index contributed by atoms with van der Waals surface area (Å²) >= 11 is 0. The molecule has 172 valence electrons. The van der Waals surface area contributed by atoms with E-state index in [1.807, 2.05) is 24.3 Å². The maximum Gasteiger partial charge on any atom is 0.410 e. The summed E-state index contributed by atoms with van der Waals surface area (Å²) in [6, 6.07) is 5.91. The van der Waals surface area contributed by atoms with E-state index in [1.165, 1.54) is 11.0 Å². The average Bonchev–Trinajstić information content (AvgIpc) is 3.22. The zero-order valence-corrected chi connectivity index (χ0v) is 18.1. The van der Waals surface area contributed by atoms with Crippen molar-refractivity contribution in [1.29, 1.82) is 0 Å². The number of carbonyl (C=O) groups is 3. The van der Waals surface area contributed by atoms with Gasteiger partial charge in [0.2, 0.25) is 11.8 Å². The van der Waals surface area contributed by atoms with Gasteiger partial charge in [-0.15, -0.1) is 0 Å². The van der Waals surface area contributed by atoms with E-state index >= 15 is 0 Å². The van der Waals surface area contributed by atoms with Crippen LogP contribution < -0.4 is 15.8 Å². The van der Waals surface area contributed by atoms with Crippen LogP contribution >= 0.6 is 0 Å². The molecule has 0 radical (unpaired) electrons. The quantitative estimate of drug-likeness (QED) is 0.681. The van der Waals surface area contributed by atoms with Crippen molar-refractivity contribution in [3.05, 3.63) is 42.5 Å². The fourth-order valence-corrected chi connectivity index (χ4v) is 4.81. The highest BCUT2D eigenvalue weighted by molar-refractivity contribution is 5.91. The van der Waals surface area contributed by atoms with Crippen molar-refractivity contribution < 1.29 is 23.9 Å². The van der Waals surface area contributed by atoms with Crippen molar-refractivity contribution in [2.45, 2.75) is 49.9 Å². The number of fused-ring (bicyclic) bond motifs is 2. The molecule has 4 atom stereocenters. The minimum Gasteiger partial charge on any atom is -0.493 e. The molecule has 3 aliphatic rings. The first kappa shape index (κ1) is 22.1. The summed E-state index contributed by atoms with van der Waals surface area (Å²) in [4.78, 5) is 41.8. The molecule has 0 unspecified atom stereocenters. The zero-order chi connectivity index (χ0) is 22.7. The lowest BCUT2D eigenvalue weighted by molar-refractivity contribution is -0.143. The highest BCUT2D eigenvalue weighted by atomic mass is 16.6. The Labute approximate surface area is 187 Å². The van der Waals surface area contributed by atoms with Crippen LogP contribution in [0.2, 0.25) is 0 Å². The molecule has 2 saturated heterocycles. The van der Waals surface area contributed by atoms with Crippen molar-refractivity contribution in [3.8, 4) is 5.75 Å². The average molecular weight is 443 g/mol. The molecule has 0 aromatic heterocycles. The monoisotopic (exact) mass is 442 g/mol. The first-order valence-electron chi connectivity index (χ1n) is 11.1. The van der Waals surface area contributed by atoms with E-state index in [-0.39, 0.29) is 37.0 Å². The second-order valence-electron chi connectivity index (χ2n) is 8.44. The van der Waals surface area contributed by atoms with Crippen molar-refractivity contribution in [1.82, 2.24) is 15.1 Å². The summed E-state index contributed by atoms with van der Waals surface area (Å²) in [5, 5.41) is 3.12. The van der Waals surface area contributed by atoms with Gasteiger partial charge in [-0.25, -0.2) is 4.79 Å². The SMILES string of the molecule is C=CCOC(=O)N1CC[C@H]2CC[C@@H](C(=O)N[C@@H]3CCOc4ccccc43)N2C(=O)[C@@H](N)C1. The Balaban J connectivity index is 1.45. The van der Waals surface area contributed by atoms with Gasteiger partial charge in [0.1, 0.15) is 24.4 Å². The lowest BCUT2D eigenvalue weighted by Crippen LogP contribution is -2.59. The first-order valence-corrected chi connectivity index (χ1v) is 11.1. The van der Waals surface area contributed by atoms with E-state index in [1.54, 1.807) is 4.90 Å². The van der Waals surface area contributed by atoms with Gasteiger partial charge in [-0.1, -0.05) is 30.9 Å². The highest BCUT2D eigenvalue weighted by Gasteiger charge is 2.44. The largest absolute Gasteiger partial charge is 0.493 e. The Hall–Kier alpha value is -3.07. The topological polar surface area (TPSA) is 114 Å². The second-order valence-corrected chi connectivity index (χ2v) is 8.44. The Morgan fingerprint density at radius 2 is 2.06 bits per heavy atom. The molecule has 0 spiro atoms. The molecule has 3 heterocycles. The first-order chi connectivity index (χ1) is 15.5. The van der Waals surface area contributed by atoms with Gasteiger partial charge in [0.05, 0.1) is 12.6 Å². The Kier molecular flexibility index (Phi) is 6.64. The molecule has 0 aliphatic carbocycles. The number of nitrogens with one attached hydrogen (secondary N) is 1. The van der Waals surface area contributed by atoms with Crippen LogP contribution in [0.5, 0.6) is 5.75 Å². The molecule has 1 aromatic rings. The van der Waals surface area contributed by atoms with Crippen LogP contribution in [0, 0.1) is 0 Å². The molecular weight excluding hydrogens is 412 g/mol. The molecule has 3 amide bonds. The van der Waals surface area contributed by atoms with Crippen molar-refractivity contribution in [3.63, 3.8) is 0 Å². The lowest BCUT2D eigenvalue weighted by atomic mass is 10.00. The summed E-state index contributed by atoms with van der Waals surface area (Å²) in [6.45, 7) is 4.64. The number of ether oxygens (including phenoxy) is 2. The summed E-state index contributed by atoms with van der Waals surface area (Å²) in [7, 11) is 0. The summed E-state index contributed by atoms with van der Waals surface area (Å²) in [5.74, 6) is 0.306. The minimum atomic E-state index is -0.911. The van der Waals surface area contributed by atoms with Crippen LogP contribution in [0.15, 0.2) is 36.9 Å². The van der Waals surface area contributed by atoms with Gasteiger partial charge in [-0.05, 0) is 25.3 Å². The van der Waals surface area contributed by atoms with Crippen LogP contribution in [0.25, 0.3) is 0 Å². The number of hydrogen-bond acceptors (Lipinski definition) is 6. The number of benzene rings is 1. The van der Waals surface area contributed by atoms with Gasteiger partial charge in [-0.3, -0.25) is 9.59 Å². The number of rotatable bonds is 4. The third-order valence-corrected chi connectivity index (χ3v) is 6.38. The Morgan fingerprint density at radius 1 is 1.25 bits per heavy atom. The normalized spacial score (nSPS) is 27.3. The maximum atomic E-state index is 13.2. The van der Waals surface area contributed by atoms with Crippen molar-refractivity contribution in [2.24, 2.45) is 5.73 Å². The number of amides is 3. The number of para-hydroxylation sites is 1. The van der Waals surface area contributed by atoms with Gasteiger partial charge < -0.3 is 30.3 Å². The standard InChI is InChI=1S/C23H30N4O5/c1-2-12-32-23(30)26-11-9-15-7-8-19(27(15)22(29)17(24)14-26)21(28)25-18-10-13-31-20-6-4-3-5-16(18)20/h2-6,15,17-19H,1,7-14,24H2,(H,25,28)/t15-,17+,18-,19+/m1/s1. The molecule has 2 fully saturated rings. The molecule has 0 bridgehead atoms. The molecule has 1 aromatic carbocycles. The molecule has 4 rings (SSSR count). The van der Waals surface area contributed by atoms with Gasteiger partial charge in [-0.2, -0.15) is 0 Å².